The average molecular weight is 392 g/mol. The Morgan fingerprint density at radius 1 is 0.893 bits per heavy atom. The summed E-state index contributed by atoms with van der Waals surface area (Å²) in [5.74, 6) is -6.02. The van der Waals surface area contributed by atoms with Crippen molar-refractivity contribution in [2.75, 3.05) is 10.6 Å². The van der Waals surface area contributed by atoms with Crippen molar-refractivity contribution in [3.05, 3.63) is 77.0 Å². The number of amides is 2. The van der Waals surface area contributed by atoms with E-state index in [0.717, 1.165) is 18.2 Å². The average Bonchev–Trinajstić information content (AvgIpc) is 3.01. The van der Waals surface area contributed by atoms with Crippen molar-refractivity contribution >= 4 is 23.3 Å². The van der Waals surface area contributed by atoms with Gasteiger partial charge in [0.15, 0.2) is 0 Å². The van der Waals surface area contributed by atoms with Crippen molar-refractivity contribution in [2.24, 2.45) is 7.05 Å². The summed E-state index contributed by atoms with van der Waals surface area (Å²) in [6, 6.07) is 4.71. The molecule has 0 saturated carbocycles. The minimum atomic E-state index is -1.17. The second-order valence-electron chi connectivity index (χ2n) is 5.72. The number of carbonyl (C=O) groups excluding carboxylic acids is 2. The fraction of sp³-hybridized carbons (Fsp3) is 0.0556. The Labute approximate surface area is 155 Å². The van der Waals surface area contributed by atoms with Crippen molar-refractivity contribution in [1.82, 2.24) is 9.78 Å². The van der Waals surface area contributed by atoms with Gasteiger partial charge in [0.25, 0.3) is 11.8 Å². The van der Waals surface area contributed by atoms with E-state index in [-0.39, 0.29) is 5.82 Å². The van der Waals surface area contributed by atoms with E-state index in [1.165, 1.54) is 16.9 Å². The summed E-state index contributed by atoms with van der Waals surface area (Å²) in [6.45, 7) is 0. The van der Waals surface area contributed by atoms with E-state index in [1.807, 2.05) is 0 Å². The molecule has 2 N–H and O–H groups in total. The summed E-state index contributed by atoms with van der Waals surface area (Å²) in [4.78, 5) is 24.4. The van der Waals surface area contributed by atoms with E-state index in [4.69, 9.17) is 0 Å². The van der Waals surface area contributed by atoms with Gasteiger partial charge in [0.1, 0.15) is 29.1 Å². The lowest BCUT2D eigenvalue weighted by molar-refractivity contribution is 0.101. The maximum Gasteiger partial charge on any atom is 0.259 e. The summed E-state index contributed by atoms with van der Waals surface area (Å²) in [6.07, 6.45) is 1.40. The highest BCUT2D eigenvalue weighted by molar-refractivity contribution is 6.07. The van der Waals surface area contributed by atoms with Crippen LogP contribution in [0.15, 0.2) is 42.6 Å². The third kappa shape index (κ3) is 4.00. The third-order valence-electron chi connectivity index (χ3n) is 3.74. The Morgan fingerprint density at radius 3 is 2.18 bits per heavy atom. The van der Waals surface area contributed by atoms with Crippen LogP contribution in [0.1, 0.15) is 20.7 Å². The van der Waals surface area contributed by atoms with E-state index < -0.39 is 51.9 Å². The smallest absolute Gasteiger partial charge is 0.259 e. The zero-order valence-electron chi connectivity index (χ0n) is 14.3. The molecule has 3 aromatic rings. The van der Waals surface area contributed by atoms with Gasteiger partial charge < -0.3 is 10.6 Å². The molecule has 2 amide bonds. The molecule has 1 heterocycles. The molecule has 0 spiro atoms. The second kappa shape index (κ2) is 7.51. The topological polar surface area (TPSA) is 76.0 Å². The number of hydrogen-bond acceptors (Lipinski definition) is 3. The molecule has 0 radical (unpaired) electrons. The van der Waals surface area contributed by atoms with Crippen LogP contribution in [0.5, 0.6) is 0 Å². The maximum absolute atomic E-state index is 14.0. The Morgan fingerprint density at radius 2 is 1.57 bits per heavy atom. The number of hydrogen-bond donors (Lipinski definition) is 2. The van der Waals surface area contributed by atoms with Crippen LogP contribution in [-0.4, -0.2) is 21.6 Å². The van der Waals surface area contributed by atoms with Crippen LogP contribution < -0.4 is 10.6 Å². The van der Waals surface area contributed by atoms with Crippen molar-refractivity contribution < 1.29 is 27.2 Å². The normalized spacial score (nSPS) is 10.6. The Bertz CT molecular complexity index is 1060. The number of anilines is 2. The van der Waals surface area contributed by atoms with Gasteiger partial charge in [0, 0.05) is 30.8 Å². The lowest BCUT2D eigenvalue weighted by Crippen LogP contribution is -2.18. The highest BCUT2D eigenvalue weighted by Gasteiger charge is 2.19. The summed E-state index contributed by atoms with van der Waals surface area (Å²) in [5.41, 5.74) is -1.50. The van der Waals surface area contributed by atoms with Gasteiger partial charge in [-0.3, -0.25) is 14.3 Å². The van der Waals surface area contributed by atoms with Gasteiger partial charge in [-0.2, -0.15) is 5.10 Å². The molecule has 0 unspecified atom stereocenters. The molecular weight excluding hydrogens is 380 g/mol. The number of aryl methyl sites for hydroxylation is 1. The van der Waals surface area contributed by atoms with Crippen molar-refractivity contribution in [1.29, 1.82) is 0 Å². The molecule has 1 aromatic heterocycles. The predicted octanol–water partition coefficient (Wildman–Crippen LogP) is 3.48. The molecular formula is C18H12F4N4O2. The van der Waals surface area contributed by atoms with Crippen LogP contribution >= 0.6 is 0 Å². The highest BCUT2D eigenvalue weighted by atomic mass is 19.1. The second-order valence-corrected chi connectivity index (χ2v) is 5.72. The minimum Gasteiger partial charge on any atom is -0.319 e. The SMILES string of the molecule is Cn1nccc1NC(=O)c1cc(NC(=O)c2cc(F)cc(F)c2)c(F)cc1F. The summed E-state index contributed by atoms with van der Waals surface area (Å²) < 4.78 is 55.9. The lowest BCUT2D eigenvalue weighted by atomic mass is 10.1. The Balaban J connectivity index is 1.87. The fourth-order valence-corrected chi connectivity index (χ4v) is 2.38. The first kappa shape index (κ1) is 19.1. The first-order chi connectivity index (χ1) is 13.2. The number of rotatable bonds is 4. The summed E-state index contributed by atoms with van der Waals surface area (Å²) in [7, 11) is 1.54. The molecule has 10 heteroatoms. The van der Waals surface area contributed by atoms with Crippen molar-refractivity contribution in [3.63, 3.8) is 0 Å². The zero-order valence-corrected chi connectivity index (χ0v) is 14.3. The van der Waals surface area contributed by atoms with Crippen LogP contribution in [0, 0.1) is 23.3 Å². The van der Waals surface area contributed by atoms with Crippen LogP contribution in [0.2, 0.25) is 0 Å². The summed E-state index contributed by atoms with van der Waals surface area (Å²) in [5, 5.41) is 8.28. The number of aromatic nitrogens is 2. The van der Waals surface area contributed by atoms with Crippen LogP contribution in [0.3, 0.4) is 0 Å². The van der Waals surface area contributed by atoms with Gasteiger partial charge in [0.05, 0.1) is 17.4 Å². The number of nitrogens with zero attached hydrogens (tertiary/aromatic N) is 2. The zero-order chi connectivity index (χ0) is 20.4. The van der Waals surface area contributed by atoms with Gasteiger partial charge in [-0.15, -0.1) is 0 Å². The van der Waals surface area contributed by atoms with Gasteiger partial charge in [-0.1, -0.05) is 0 Å². The maximum atomic E-state index is 14.0. The van der Waals surface area contributed by atoms with E-state index >= 15 is 0 Å². The number of halogens is 4. The molecule has 0 aliphatic carbocycles. The lowest BCUT2D eigenvalue weighted by Gasteiger charge is -2.11. The first-order valence-corrected chi connectivity index (χ1v) is 7.80. The first-order valence-electron chi connectivity index (χ1n) is 7.80. The van der Waals surface area contributed by atoms with Crippen molar-refractivity contribution in [3.8, 4) is 0 Å². The standard InChI is InChI=1S/C18H12F4N4O2/c1-26-16(2-3-23-26)25-18(28)12-7-15(14(22)8-13(12)21)24-17(27)9-4-10(19)6-11(20)5-9/h2-8H,1H3,(H,24,27)(H,25,28). The molecule has 0 aliphatic rings. The van der Waals surface area contributed by atoms with E-state index in [2.05, 4.69) is 15.7 Å². The monoisotopic (exact) mass is 392 g/mol. The quantitative estimate of drug-likeness (QED) is 0.668. The Hall–Kier alpha value is -3.69. The molecule has 6 nitrogen and oxygen atoms in total. The number of carbonyl (C=O) groups is 2. The van der Waals surface area contributed by atoms with E-state index in [1.54, 1.807) is 7.05 Å². The predicted molar refractivity (Wildman–Crippen MR) is 91.8 cm³/mol. The molecule has 0 saturated heterocycles. The molecule has 0 atom stereocenters. The van der Waals surface area contributed by atoms with Crippen LogP contribution in [0.25, 0.3) is 0 Å². The molecule has 3 rings (SSSR count). The Kier molecular flexibility index (Phi) is 5.12. The van der Waals surface area contributed by atoms with Gasteiger partial charge in [0.2, 0.25) is 0 Å². The van der Waals surface area contributed by atoms with Crippen molar-refractivity contribution in [2.45, 2.75) is 0 Å². The molecule has 144 valence electrons. The highest BCUT2D eigenvalue weighted by Crippen LogP contribution is 2.22. The third-order valence-corrected chi connectivity index (χ3v) is 3.74. The van der Waals surface area contributed by atoms with Gasteiger partial charge in [-0.25, -0.2) is 17.6 Å². The molecule has 0 aliphatic heterocycles. The summed E-state index contributed by atoms with van der Waals surface area (Å²) >= 11 is 0. The fourth-order valence-electron chi connectivity index (χ4n) is 2.38. The number of nitrogens with one attached hydrogen (secondary N) is 2. The van der Waals surface area contributed by atoms with E-state index in [0.29, 0.717) is 12.1 Å². The number of benzene rings is 2. The molecule has 28 heavy (non-hydrogen) atoms. The largest absolute Gasteiger partial charge is 0.319 e. The van der Waals surface area contributed by atoms with Gasteiger partial charge >= 0.3 is 0 Å². The minimum absolute atomic E-state index is 0.259. The van der Waals surface area contributed by atoms with Gasteiger partial charge in [-0.05, 0) is 18.2 Å². The van der Waals surface area contributed by atoms with Crippen LogP contribution in [-0.2, 0) is 7.05 Å². The van der Waals surface area contributed by atoms with E-state index in [9.17, 15) is 27.2 Å². The van der Waals surface area contributed by atoms with Crippen LogP contribution in [0.4, 0.5) is 29.1 Å². The molecule has 2 aromatic carbocycles. The molecule has 0 bridgehead atoms. The molecule has 0 fully saturated rings.